The highest BCUT2D eigenvalue weighted by atomic mass is 28.4. The molecule has 2 aromatic rings. The summed E-state index contributed by atoms with van der Waals surface area (Å²) in [5, 5.41) is 2.13. The molecule has 0 aliphatic rings. The lowest BCUT2D eigenvalue weighted by molar-refractivity contribution is 0.135. The maximum atomic E-state index is 5.93. The lowest BCUT2D eigenvalue weighted by atomic mass is 10.1. The molecule has 0 fully saturated rings. The van der Waals surface area contributed by atoms with Crippen LogP contribution in [-0.4, -0.2) is 90.4 Å². The largest absolute Gasteiger partial charge is 0.537 e. The minimum absolute atomic E-state index is 0.674. The SMILES string of the molecule is CO[Si](OC)(OC)c1ccccc1-c1cccc([Si](OC)(OC)OC)c1[Si](OC)(OC)OC. The van der Waals surface area contributed by atoms with Crippen LogP contribution in [-0.2, 0) is 39.8 Å². The van der Waals surface area contributed by atoms with Gasteiger partial charge in [-0.05, 0) is 11.1 Å². The van der Waals surface area contributed by atoms with Crippen LogP contribution in [0.25, 0.3) is 11.1 Å². The fourth-order valence-electron chi connectivity index (χ4n) is 4.06. The molecule has 0 aromatic heterocycles. The minimum atomic E-state index is -3.45. The van der Waals surface area contributed by atoms with Gasteiger partial charge in [-0.15, -0.1) is 0 Å². The van der Waals surface area contributed by atoms with Crippen molar-refractivity contribution in [2.75, 3.05) is 64.0 Å². The zero-order chi connectivity index (χ0) is 24.7. The quantitative estimate of drug-likeness (QED) is 0.357. The number of rotatable bonds is 13. The standard InChI is InChI=1S/C21H34O9Si3/c1-22-31(23-2,24-3)19-15-11-10-13-17(19)18-14-12-16-20(32(25-4,26-5)27-6)21(18)33(28-7,29-8)30-9/h10-16H,1-9H3. The molecule has 0 saturated carbocycles. The summed E-state index contributed by atoms with van der Waals surface area (Å²) < 4.78 is 52.7. The first kappa shape index (κ1) is 28.0. The van der Waals surface area contributed by atoms with Gasteiger partial charge in [0, 0.05) is 79.5 Å². The molecular formula is C21H34O9Si3. The first-order valence-electron chi connectivity index (χ1n) is 10.1. The van der Waals surface area contributed by atoms with Crippen molar-refractivity contribution in [3.05, 3.63) is 42.5 Å². The zero-order valence-corrected chi connectivity index (χ0v) is 23.7. The van der Waals surface area contributed by atoms with Gasteiger partial charge < -0.3 is 39.8 Å². The van der Waals surface area contributed by atoms with E-state index in [1.165, 1.54) is 0 Å². The fourth-order valence-corrected chi connectivity index (χ4v) is 11.0. The topological polar surface area (TPSA) is 83.1 Å². The molecule has 0 aliphatic heterocycles. The zero-order valence-electron chi connectivity index (χ0n) is 20.7. The maximum absolute atomic E-state index is 5.93. The summed E-state index contributed by atoms with van der Waals surface area (Å²) in [4.78, 5) is 0. The van der Waals surface area contributed by atoms with Crippen LogP contribution in [0.15, 0.2) is 42.5 Å². The van der Waals surface area contributed by atoms with Gasteiger partial charge in [-0.2, -0.15) is 0 Å². The number of benzene rings is 2. The summed E-state index contributed by atoms with van der Waals surface area (Å²) in [6.45, 7) is 0. The van der Waals surface area contributed by atoms with E-state index >= 15 is 0 Å². The molecule has 184 valence electrons. The molecule has 0 heterocycles. The summed E-state index contributed by atoms with van der Waals surface area (Å²) in [6.07, 6.45) is 0. The molecule has 0 amide bonds. The third-order valence-electron chi connectivity index (χ3n) is 5.67. The molecule has 2 aromatic carbocycles. The highest BCUT2D eigenvalue weighted by molar-refractivity contribution is 6.87. The van der Waals surface area contributed by atoms with E-state index in [0.717, 1.165) is 16.3 Å². The Balaban J connectivity index is 3.07. The smallest absolute Gasteiger partial charge is 0.373 e. The number of hydrogen-bond acceptors (Lipinski definition) is 9. The molecule has 2 rings (SSSR count). The summed E-state index contributed by atoms with van der Waals surface area (Å²) in [5.41, 5.74) is 1.60. The van der Waals surface area contributed by atoms with Crippen molar-refractivity contribution in [3.8, 4) is 11.1 Å². The Morgan fingerprint density at radius 3 is 1.21 bits per heavy atom. The molecule has 0 radical (unpaired) electrons. The summed E-state index contributed by atoms with van der Waals surface area (Å²) >= 11 is 0. The van der Waals surface area contributed by atoms with Crippen LogP contribution < -0.4 is 15.6 Å². The Morgan fingerprint density at radius 1 is 0.394 bits per heavy atom. The van der Waals surface area contributed by atoms with Crippen LogP contribution in [0, 0.1) is 0 Å². The van der Waals surface area contributed by atoms with Crippen LogP contribution in [0.5, 0.6) is 0 Å². The molecule has 0 bridgehead atoms. The van der Waals surface area contributed by atoms with Gasteiger partial charge in [0.2, 0.25) is 0 Å². The summed E-state index contributed by atoms with van der Waals surface area (Å²) in [5.74, 6) is 0. The number of hydrogen-bond donors (Lipinski definition) is 0. The lowest BCUT2D eigenvalue weighted by Crippen LogP contribution is -2.69. The second-order valence-corrected chi connectivity index (χ2v) is 15.4. The average Bonchev–Trinajstić information content (AvgIpc) is 2.89. The predicted molar refractivity (Wildman–Crippen MR) is 131 cm³/mol. The van der Waals surface area contributed by atoms with Gasteiger partial charge in [0.1, 0.15) is 0 Å². The minimum Gasteiger partial charge on any atom is -0.373 e. The van der Waals surface area contributed by atoms with Gasteiger partial charge in [0.05, 0.1) is 0 Å². The normalized spacial score (nSPS) is 12.9. The molecule has 0 saturated heterocycles. The van der Waals surface area contributed by atoms with E-state index in [1.807, 2.05) is 42.5 Å². The van der Waals surface area contributed by atoms with E-state index in [2.05, 4.69) is 0 Å². The van der Waals surface area contributed by atoms with Crippen LogP contribution in [0.1, 0.15) is 0 Å². The third kappa shape index (κ3) is 4.80. The first-order chi connectivity index (χ1) is 15.9. The van der Waals surface area contributed by atoms with Crippen LogP contribution >= 0.6 is 0 Å². The van der Waals surface area contributed by atoms with Crippen LogP contribution in [0.2, 0.25) is 0 Å². The van der Waals surface area contributed by atoms with E-state index in [0.29, 0.717) is 10.4 Å². The van der Waals surface area contributed by atoms with Crippen molar-refractivity contribution < 1.29 is 39.8 Å². The van der Waals surface area contributed by atoms with Crippen molar-refractivity contribution in [1.82, 2.24) is 0 Å². The molecule has 33 heavy (non-hydrogen) atoms. The van der Waals surface area contributed by atoms with E-state index in [-0.39, 0.29) is 0 Å². The van der Waals surface area contributed by atoms with Crippen molar-refractivity contribution in [2.24, 2.45) is 0 Å². The van der Waals surface area contributed by atoms with Gasteiger partial charge in [-0.25, -0.2) is 0 Å². The van der Waals surface area contributed by atoms with Gasteiger partial charge in [-0.1, -0.05) is 42.5 Å². The lowest BCUT2D eigenvalue weighted by Gasteiger charge is -2.34. The Hall–Kier alpha value is -1.27. The molecule has 0 N–H and O–H groups in total. The Labute approximate surface area is 199 Å². The molecule has 0 spiro atoms. The van der Waals surface area contributed by atoms with Gasteiger partial charge in [-0.3, -0.25) is 0 Å². The monoisotopic (exact) mass is 514 g/mol. The molecule has 9 nitrogen and oxygen atoms in total. The molecule has 0 atom stereocenters. The first-order valence-corrected chi connectivity index (χ1v) is 15.3. The van der Waals surface area contributed by atoms with E-state index < -0.39 is 26.4 Å². The Kier molecular flexibility index (Phi) is 10.1. The van der Waals surface area contributed by atoms with Crippen molar-refractivity contribution in [3.63, 3.8) is 0 Å². The summed E-state index contributed by atoms with van der Waals surface area (Å²) in [7, 11) is 4.05. The van der Waals surface area contributed by atoms with E-state index in [4.69, 9.17) is 39.8 Å². The highest BCUT2D eigenvalue weighted by Crippen LogP contribution is 2.24. The van der Waals surface area contributed by atoms with Crippen molar-refractivity contribution >= 4 is 42.0 Å². The fraction of sp³-hybridized carbons (Fsp3) is 0.429. The molecule has 12 heteroatoms. The van der Waals surface area contributed by atoms with Gasteiger partial charge in [0.15, 0.2) is 0 Å². The maximum Gasteiger partial charge on any atom is 0.537 e. The van der Waals surface area contributed by atoms with E-state index in [9.17, 15) is 0 Å². The average molecular weight is 515 g/mol. The van der Waals surface area contributed by atoms with Crippen LogP contribution in [0.3, 0.4) is 0 Å². The Bertz CT molecular complexity index is 876. The third-order valence-corrected chi connectivity index (χ3v) is 14.1. The summed E-state index contributed by atoms with van der Waals surface area (Å²) in [6, 6.07) is 13.5. The second kappa shape index (κ2) is 11.9. The van der Waals surface area contributed by atoms with Crippen molar-refractivity contribution in [1.29, 1.82) is 0 Å². The molecular weight excluding hydrogens is 480 g/mol. The van der Waals surface area contributed by atoms with E-state index in [1.54, 1.807) is 64.0 Å². The van der Waals surface area contributed by atoms with Gasteiger partial charge in [0.25, 0.3) is 0 Å². The molecule has 0 aliphatic carbocycles. The second-order valence-electron chi connectivity index (χ2n) is 6.78. The van der Waals surface area contributed by atoms with Crippen LogP contribution in [0.4, 0.5) is 0 Å². The highest BCUT2D eigenvalue weighted by Gasteiger charge is 2.53. The van der Waals surface area contributed by atoms with Gasteiger partial charge >= 0.3 is 26.4 Å². The van der Waals surface area contributed by atoms with Crippen molar-refractivity contribution in [2.45, 2.75) is 0 Å². The molecule has 0 unspecified atom stereocenters. The predicted octanol–water partition coefficient (Wildman–Crippen LogP) is 0.609. The Morgan fingerprint density at radius 2 is 0.758 bits per heavy atom.